The molecule has 1 aromatic rings. The predicted molar refractivity (Wildman–Crippen MR) is 56.3 cm³/mol. The number of aromatic nitrogens is 1. The SMILES string of the molecule is CC(Cc1cccnc1)NC(=O)CCl. The van der Waals surface area contributed by atoms with Crippen molar-refractivity contribution in [2.45, 2.75) is 19.4 Å². The van der Waals surface area contributed by atoms with Gasteiger partial charge in [-0.2, -0.15) is 0 Å². The topological polar surface area (TPSA) is 42.0 Å². The highest BCUT2D eigenvalue weighted by molar-refractivity contribution is 6.27. The van der Waals surface area contributed by atoms with Crippen LogP contribution in [0.1, 0.15) is 12.5 Å². The molecule has 1 atom stereocenters. The zero-order valence-electron chi connectivity index (χ0n) is 8.03. The first kappa shape index (κ1) is 11.0. The van der Waals surface area contributed by atoms with E-state index < -0.39 is 0 Å². The van der Waals surface area contributed by atoms with Crippen LogP contribution in [0.5, 0.6) is 0 Å². The molecule has 0 bridgehead atoms. The van der Waals surface area contributed by atoms with Gasteiger partial charge in [-0.3, -0.25) is 9.78 Å². The Morgan fingerprint density at radius 2 is 2.50 bits per heavy atom. The molecule has 1 N–H and O–H groups in total. The van der Waals surface area contributed by atoms with E-state index in [4.69, 9.17) is 11.6 Å². The van der Waals surface area contributed by atoms with Crippen molar-refractivity contribution in [2.24, 2.45) is 0 Å². The molecule has 0 aromatic carbocycles. The Morgan fingerprint density at radius 3 is 3.07 bits per heavy atom. The smallest absolute Gasteiger partial charge is 0.235 e. The molecule has 0 saturated carbocycles. The Hall–Kier alpha value is -1.09. The van der Waals surface area contributed by atoms with Gasteiger partial charge in [0.2, 0.25) is 5.91 Å². The van der Waals surface area contributed by atoms with Gasteiger partial charge in [-0.05, 0) is 25.0 Å². The Kier molecular flexibility index (Phi) is 4.40. The average Bonchev–Trinajstić information content (AvgIpc) is 2.19. The zero-order valence-corrected chi connectivity index (χ0v) is 8.79. The van der Waals surface area contributed by atoms with Crippen LogP contribution in [0.4, 0.5) is 0 Å². The van der Waals surface area contributed by atoms with Crippen LogP contribution in [0.25, 0.3) is 0 Å². The van der Waals surface area contributed by atoms with E-state index in [-0.39, 0.29) is 17.8 Å². The Balaban J connectivity index is 2.41. The minimum Gasteiger partial charge on any atom is -0.352 e. The summed E-state index contributed by atoms with van der Waals surface area (Å²) in [5.41, 5.74) is 1.11. The highest BCUT2D eigenvalue weighted by Crippen LogP contribution is 2.00. The molecule has 1 unspecified atom stereocenters. The molecule has 0 aliphatic rings. The number of nitrogens with one attached hydrogen (secondary N) is 1. The molecule has 0 aliphatic heterocycles. The largest absolute Gasteiger partial charge is 0.352 e. The van der Waals surface area contributed by atoms with Crippen molar-refractivity contribution >= 4 is 17.5 Å². The van der Waals surface area contributed by atoms with E-state index >= 15 is 0 Å². The molecular weight excluding hydrogens is 200 g/mol. The number of rotatable bonds is 4. The summed E-state index contributed by atoms with van der Waals surface area (Å²) < 4.78 is 0. The third-order valence-electron chi connectivity index (χ3n) is 1.79. The number of hydrogen-bond acceptors (Lipinski definition) is 2. The lowest BCUT2D eigenvalue weighted by Gasteiger charge is -2.12. The van der Waals surface area contributed by atoms with Gasteiger partial charge >= 0.3 is 0 Å². The Morgan fingerprint density at radius 1 is 1.71 bits per heavy atom. The first-order valence-electron chi connectivity index (χ1n) is 4.46. The minimum absolute atomic E-state index is 0.0113. The summed E-state index contributed by atoms with van der Waals surface area (Å²) in [5, 5.41) is 2.78. The summed E-state index contributed by atoms with van der Waals surface area (Å²) in [5.74, 6) is -0.125. The van der Waals surface area contributed by atoms with E-state index in [9.17, 15) is 4.79 Å². The molecule has 4 heteroatoms. The number of carbonyl (C=O) groups excluding carboxylic acids is 1. The van der Waals surface area contributed by atoms with Gasteiger partial charge in [0.1, 0.15) is 5.88 Å². The van der Waals surface area contributed by atoms with E-state index in [1.807, 2.05) is 19.1 Å². The summed E-state index contributed by atoms with van der Waals surface area (Å²) in [6, 6.07) is 3.95. The number of pyridine rings is 1. The molecule has 76 valence electrons. The molecule has 0 fully saturated rings. The van der Waals surface area contributed by atoms with Crippen molar-refractivity contribution in [2.75, 3.05) is 5.88 Å². The van der Waals surface area contributed by atoms with Crippen molar-refractivity contribution < 1.29 is 4.79 Å². The van der Waals surface area contributed by atoms with Crippen molar-refractivity contribution in [3.63, 3.8) is 0 Å². The van der Waals surface area contributed by atoms with Crippen LogP contribution in [0, 0.1) is 0 Å². The molecule has 0 spiro atoms. The van der Waals surface area contributed by atoms with Crippen LogP contribution >= 0.6 is 11.6 Å². The number of halogens is 1. The van der Waals surface area contributed by atoms with Crippen molar-refractivity contribution in [1.29, 1.82) is 0 Å². The summed E-state index contributed by atoms with van der Waals surface area (Å²) in [7, 11) is 0. The molecule has 1 aromatic heterocycles. The normalized spacial score (nSPS) is 12.1. The number of nitrogens with zero attached hydrogens (tertiary/aromatic N) is 1. The number of carbonyl (C=O) groups is 1. The fourth-order valence-corrected chi connectivity index (χ4v) is 1.31. The van der Waals surface area contributed by atoms with Crippen molar-refractivity contribution in [3.8, 4) is 0 Å². The monoisotopic (exact) mass is 212 g/mol. The van der Waals surface area contributed by atoms with Crippen molar-refractivity contribution in [1.82, 2.24) is 10.3 Å². The third kappa shape index (κ3) is 3.75. The first-order chi connectivity index (χ1) is 6.72. The summed E-state index contributed by atoms with van der Waals surface area (Å²) >= 11 is 5.37. The number of amides is 1. The predicted octanol–water partition coefficient (Wildman–Crippen LogP) is 1.37. The van der Waals surface area contributed by atoms with E-state index in [0.29, 0.717) is 0 Å². The quantitative estimate of drug-likeness (QED) is 0.766. The molecule has 1 heterocycles. The van der Waals surface area contributed by atoms with Crippen LogP contribution in [0.15, 0.2) is 24.5 Å². The second kappa shape index (κ2) is 5.60. The lowest BCUT2D eigenvalue weighted by molar-refractivity contribution is -0.119. The second-order valence-corrected chi connectivity index (χ2v) is 3.43. The number of hydrogen-bond donors (Lipinski definition) is 1. The van der Waals surface area contributed by atoms with E-state index in [0.717, 1.165) is 12.0 Å². The Labute approximate surface area is 88.5 Å². The summed E-state index contributed by atoms with van der Waals surface area (Å²) in [6.07, 6.45) is 4.30. The maximum Gasteiger partial charge on any atom is 0.235 e. The van der Waals surface area contributed by atoms with Crippen LogP contribution in [0.2, 0.25) is 0 Å². The van der Waals surface area contributed by atoms with Gasteiger partial charge in [0.05, 0.1) is 0 Å². The summed E-state index contributed by atoms with van der Waals surface area (Å²) in [6.45, 7) is 1.94. The van der Waals surface area contributed by atoms with Crippen LogP contribution in [0.3, 0.4) is 0 Å². The summed E-state index contributed by atoms with van der Waals surface area (Å²) in [4.78, 5) is 15.0. The maximum absolute atomic E-state index is 11.0. The lowest BCUT2D eigenvalue weighted by Crippen LogP contribution is -2.34. The van der Waals surface area contributed by atoms with Gasteiger partial charge in [0.15, 0.2) is 0 Å². The van der Waals surface area contributed by atoms with Gasteiger partial charge < -0.3 is 5.32 Å². The van der Waals surface area contributed by atoms with Gasteiger partial charge in [0.25, 0.3) is 0 Å². The highest BCUT2D eigenvalue weighted by Gasteiger charge is 2.06. The van der Waals surface area contributed by atoms with Crippen LogP contribution in [-0.2, 0) is 11.2 Å². The van der Waals surface area contributed by atoms with Gasteiger partial charge in [-0.15, -0.1) is 11.6 Å². The molecule has 3 nitrogen and oxygen atoms in total. The molecule has 14 heavy (non-hydrogen) atoms. The second-order valence-electron chi connectivity index (χ2n) is 3.17. The average molecular weight is 213 g/mol. The van der Waals surface area contributed by atoms with Gasteiger partial charge in [0, 0.05) is 18.4 Å². The molecular formula is C10H13ClN2O. The fourth-order valence-electron chi connectivity index (χ4n) is 1.24. The van der Waals surface area contributed by atoms with Crippen LogP contribution < -0.4 is 5.32 Å². The van der Waals surface area contributed by atoms with Gasteiger partial charge in [-0.25, -0.2) is 0 Å². The van der Waals surface area contributed by atoms with E-state index in [1.165, 1.54) is 0 Å². The fraction of sp³-hybridized carbons (Fsp3) is 0.400. The standard InChI is InChI=1S/C10H13ClN2O/c1-8(13-10(14)6-11)5-9-3-2-4-12-7-9/h2-4,7-8H,5-6H2,1H3,(H,13,14). The molecule has 1 rings (SSSR count). The molecule has 0 radical (unpaired) electrons. The van der Waals surface area contributed by atoms with E-state index in [2.05, 4.69) is 10.3 Å². The van der Waals surface area contributed by atoms with Crippen LogP contribution in [-0.4, -0.2) is 22.8 Å². The number of alkyl halides is 1. The van der Waals surface area contributed by atoms with Gasteiger partial charge in [-0.1, -0.05) is 6.07 Å². The minimum atomic E-state index is -0.136. The molecule has 0 saturated heterocycles. The Bertz CT molecular complexity index is 289. The highest BCUT2D eigenvalue weighted by atomic mass is 35.5. The van der Waals surface area contributed by atoms with Crippen molar-refractivity contribution in [3.05, 3.63) is 30.1 Å². The maximum atomic E-state index is 11.0. The molecule has 1 amide bonds. The first-order valence-corrected chi connectivity index (χ1v) is 5.00. The zero-order chi connectivity index (χ0) is 10.4. The third-order valence-corrected chi connectivity index (χ3v) is 2.04. The molecule has 0 aliphatic carbocycles. The lowest BCUT2D eigenvalue weighted by atomic mass is 10.1. The van der Waals surface area contributed by atoms with E-state index in [1.54, 1.807) is 12.4 Å².